The van der Waals surface area contributed by atoms with Gasteiger partial charge in [0.25, 0.3) is 0 Å². The Morgan fingerprint density at radius 1 is 0.938 bits per heavy atom. The van der Waals surface area contributed by atoms with Crippen LogP contribution in [0.25, 0.3) is 22.3 Å². The molecule has 0 aliphatic carbocycles. The third-order valence-corrected chi connectivity index (χ3v) is 5.03. The van der Waals surface area contributed by atoms with E-state index < -0.39 is 0 Å². The zero-order valence-corrected chi connectivity index (χ0v) is 20.0. The van der Waals surface area contributed by atoms with Crippen molar-refractivity contribution in [1.82, 2.24) is 20.2 Å². The van der Waals surface area contributed by atoms with E-state index in [4.69, 9.17) is 4.74 Å². The Labute approximate surface area is 199 Å². The Kier molecular flexibility index (Phi) is 7.59. The monoisotopic (exact) mass is 598 g/mol. The second-order valence-corrected chi connectivity index (χ2v) is 7.04. The predicted octanol–water partition coefficient (Wildman–Crippen LogP) is 4.00. The minimum absolute atomic E-state index is 0. The number of fused-ring (bicyclic) bond motifs is 1. The molecular weight excluding hydrogens is 576 g/mol. The molecule has 0 unspecified atom stereocenters. The van der Waals surface area contributed by atoms with Crippen LogP contribution >= 0.6 is 0 Å². The van der Waals surface area contributed by atoms with Crippen molar-refractivity contribution in [2.75, 3.05) is 0 Å². The largest absolute Gasteiger partial charge is 0.457 e. The maximum atomic E-state index is 9.85. The van der Waals surface area contributed by atoms with Gasteiger partial charge in [-0.25, -0.2) is 4.98 Å². The van der Waals surface area contributed by atoms with Gasteiger partial charge in [-0.15, -0.1) is 0 Å². The Bertz CT molecular complexity index is 1300. The average molecular weight is 598 g/mol. The number of hydrogen-bond acceptors (Lipinski definition) is 4. The molecule has 5 aromatic rings. The summed E-state index contributed by atoms with van der Waals surface area (Å²) in [4.78, 5) is 7.77. The summed E-state index contributed by atoms with van der Waals surface area (Å²) in [7, 11) is 0. The van der Waals surface area contributed by atoms with Gasteiger partial charge in [0.05, 0.1) is 6.61 Å². The summed E-state index contributed by atoms with van der Waals surface area (Å²) < 4.78 is 6.10. The minimum atomic E-state index is -0.103. The molecule has 7 nitrogen and oxygen atoms in total. The van der Waals surface area contributed by atoms with E-state index in [0.29, 0.717) is 23.7 Å². The molecule has 2 aromatic heterocycles. The molecule has 0 fully saturated rings. The molecule has 32 heavy (non-hydrogen) atoms. The first-order chi connectivity index (χ1) is 14.8. The van der Waals surface area contributed by atoms with Crippen LogP contribution in [-0.2, 0) is 34.1 Å². The Hall–Kier alpha value is -3.25. The number of aromatic amines is 2. The molecule has 0 aliphatic heterocycles. The van der Waals surface area contributed by atoms with E-state index >= 15 is 0 Å². The van der Waals surface area contributed by atoms with Crippen LogP contribution in [0.3, 0.4) is 0 Å². The third kappa shape index (κ3) is 4.81. The van der Waals surface area contributed by atoms with Crippen LogP contribution in [0.15, 0.2) is 79.0 Å². The smallest absolute Gasteiger partial charge is 0.181 e. The number of nitrogens with one attached hydrogen (secondary N) is 2. The first-order valence-electron chi connectivity index (χ1n) is 9.73. The first kappa shape index (κ1) is 23.4. The molecule has 0 bridgehead atoms. The van der Waals surface area contributed by atoms with Gasteiger partial charge in [-0.2, -0.15) is 5.10 Å². The predicted molar refractivity (Wildman–Crippen MR) is 119 cm³/mol. The molecule has 3 aromatic carbocycles. The number of aromatic nitrogens is 4. The van der Waals surface area contributed by atoms with Gasteiger partial charge in [-0.1, -0.05) is 42.5 Å². The molecule has 0 spiro atoms. The molecule has 8 heteroatoms. The quantitative estimate of drug-likeness (QED) is 0.274. The summed E-state index contributed by atoms with van der Waals surface area (Å²) in [6.45, 7) is -0.103. The van der Waals surface area contributed by atoms with E-state index in [1.54, 1.807) is 0 Å². The second-order valence-electron chi connectivity index (χ2n) is 7.04. The van der Waals surface area contributed by atoms with Crippen LogP contribution in [0, 0.1) is 0 Å². The van der Waals surface area contributed by atoms with Crippen molar-refractivity contribution < 1.29 is 36.4 Å². The fraction of sp³-hybridized carbons (Fsp3) is 0.0833. The van der Waals surface area contributed by atoms with Gasteiger partial charge < -0.3 is 20.3 Å². The third-order valence-electron chi connectivity index (χ3n) is 5.03. The van der Waals surface area contributed by atoms with Gasteiger partial charge in [0, 0.05) is 55.7 Å². The Morgan fingerprint density at radius 3 is 2.59 bits per heavy atom. The van der Waals surface area contributed by atoms with Crippen LogP contribution < -0.4 is 4.74 Å². The summed E-state index contributed by atoms with van der Waals surface area (Å²) in [6.07, 6.45) is 2.55. The van der Waals surface area contributed by atoms with E-state index in [2.05, 4.69) is 32.3 Å². The van der Waals surface area contributed by atoms with Crippen molar-refractivity contribution in [3.63, 3.8) is 0 Å². The average Bonchev–Trinajstić information content (AvgIpc) is 3.44. The van der Waals surface area contributed by atoms with Crippen LogP contribution in [0.5, 0.6) is 11.5 Å². The molecule has 5 N–H and O–H groups in total. The molecule has 5 rings (SSSR count). The van der Waals surface area contributed by atoms with Crippen molar-refractivity contribution in [3.8, 4) is 22.9 Å². The van der Waals surface area contributed by atoms with Gasteiger partial charge in [-0.05, 0) is 35.9 Å². The summed E-state index contributed by atoms with van der Waals surface area (Å²) in [5.74, 6) is 2.71. The maximum Gasteiger partial charge on any atom is 0.181 e. The van der Waals surface area contributed by atoms with Gasteiger partial charge >= 0.3 is 0 Å². The number of hydrogen-bond donors (Lipinski definition) is 3. The van der Waals surface area contributed by atoms with Crippen LogP contribution in [0.4, 0.5) is 0 Å². The molecule has 0 saturated carbocycles. The number of benzene rings is 3. The minimum Gasteiger partial charge on any atom is -0.457 e. The summed E-state index contributed by atoms with van der Waals surface area (Å²) >= 11 is 0. The van der Waals surface area contributed by atoms with Crippen LogP contribution in [0.2, 0.25) is 0 Å². The number of rotatable bonds is 6. The molecule has 0 atom stereocenters. The van der Waals surface area contributed by atoms with Crippen molar-refractivity contribution in [3.05, 3.63) is 95.9 Å². The second kappa shape index (κ2) is 10.4. The fourth-order valence-electron chi connectivity index (χ4n) is 3.55. The van der Waals surface area contributed by atoms with Gasteiger partial charge in [0.2, 0.25) is 0 Å². The summed E-state index contributed by atoms with van der Waals surface area (Å²) in [6, 6.07) is 23.5. The Balaban J connectivity index is 0.00000144. The SMILES string of the molecule is O.OCc1c(Oc2cccc(-c3n[nH]c(Cc4ccccc4)n3)c2)ccc2[nH]ccc12.[W]. The zero-order valence-electron chi connectivity index (χ0n) is 17.1. The molecule has 2 heterocycles. The first-order valence-corrected chi connectivity index (χ1v) is 9.73. The normalized spacial score (nSPS) is 10.4. The summed E-state index contributed by atoms with van der Waals surface area (Å²) in [5.41, 5.74) is 3.75. The van der Waals surface area contributed by atoms with E-state index in [1.807, 2.05) is 66.9 Å². The van der Waals surface area contributed by atoms with Gasteiger partial charge in [0.1, 0.15) is 17.3 Å². The van der Waals surface area contributed by atoms with Crippen molar-refractivity contribution >= 4 is 10.9 Å². The number of H-pyrrole nitrogens is 2. The maximum absolute atomic E-state index is 9.85. The molecule has 0 saturated heterocycles. The van der Waals surface area contributed by atoms with Gasteiger partial charge in [0.15, 0.2) is 5.82 Å². The van der Waals surface area contributed by atoms with Gasteiger partial charge in [-0.3, -0.25) is 5.10 Å². The molecular formula is C24H22N4O3W. The fourth-order valence-corrected chi connectivity index (χ4v) is 3.55. The number of aliphatic hydroxyl groups excluding tert-OH is 1. The molecule has 0 aliphatic rings. The molecule has 0 amide bonds. The van der Waals surface area contributed by atoms with E-state index in [0.717, 1.165) is 27.9 Å². The molecule has 0 radical (unpaired) electrons. The topological polar surface area (TPSA) is 118 Å². The Morgan fingerprint density at radius 2 is 1.78 bits per heavy atom. The number of nitrogens with zero attached hydrogens (tertiary/aromatic N) is 2. The van der Waals surface area contributed by atoms with Crippen molar-refractivity contribution in [2.24, 2.45) is 0 Å². The molecule has 162 valence electrons. The summed E-state index contributed by atoms with van der Waals surface area (Å²) in [5, 5.41) is 18.2. The number of ether oxygens (including phenoxy) is 1. The van der Waals surface area contributed by atoms with E-state index in [1.165, 1.54) is 5.56 Å². The van der Waals surface area contributed by atoms with E-state index in [-0.39, 0.29) is 33.1 Å². The van der Waals surface area contributed by atoms with Crippen LogP contribution in [0.1, 0.15) is 17.0 Å². The zero-order chi connectivity index (χ0) is 20.3. The standard InChI is InChI=1S/C24H20N4O2.H2O.W/c29-15-20-19-11-12-25-21(19)9-10-22(20)30-18-8-4-7-17(14-18)24-26-23(27-28-24)13-16-5-2-1-3-6-16;;/h1-12,14,25,29H,13,15H2,(H,26,27,28);1H2;. The van der Waals surface area contributed by atoms with Crippen molar-refractivity contribution in [2.45, 2.75) is 13.0 Å². The van der Waals surface area contributed by atoms with E-state index in [9.17, 15) is 5.11 Å². The van der Waals surface area contributed by atoms with Crippen molar-refractivity contribution in [1.29, 1.82) is 0 Å². The van der Waals surface area contributed by atoms with Crippen LogP contribution in [-0.4, -0.2) is 30.7 Å². The number of aliphatic hydroxyl groups is 1.